The van der Waals surface area contributed by atoms with Crippen LogP contribution in [0.3, 0.4) is 0 Å². The average molecular weight is 306 g/mol. The summed E-state index contributed by atoms with van der Waals surface area (Å²) >= 11 is 3.05. The molecule has 0 bridgehead atoms. The Hall–Kier alpha value is -0.480. The van der Waals surface area contributed by atoms with Crippen LogP contribution in [0.15, 0.2) is 16.6 Å². The lowest BCUT2D eigenvalue weighted by Gasteiger charge is -2.18. The first kappa shape index (κ1) is 14.6. The number of hydrogen-bond acceptors (Lipinski definition) is 1. The molecule has 0 heterocycles. The van der Waals surface area contributed by atoms with E-state index in [1.54, 1.807) is 0 Å². The second-order valence-corrected chi connectivity index (χ2v) is 5.43. The fourth-order valence-electron chi connectivity index (χ4n) is 2.07. The van der Waals surface area contributed by atoms with E-state index < -0.39 is 17.7 Å². The minimum atomic E-state index is -0.579. The zero-order valence-corrected chi connectivity index (χ0v) is 11.7. The van der Waals surface area contributed by atoms with Crippen LogP contribution >= 0.6 is 15.9 Å². The van der Waals surface area contributed by atoms with Crippen molar-refractivity contribution in [2.45, 2.75) is 39.2 Å². The Bertz CT molecular complexity index is 359. The third-order valence-electron chi connectivity index (χ3n) is 2.85. The average Bonchev–Trinajstić information content (AvgIpc) is 2.15. The molecule has 1 rings (SSSR count). The Morgan fingerprint density at radius 2 is 1.82 bits per heavy atom. The highest BCUT2D eigenvalue weighted by Crippen LogP contribution is 2.28. The van der Waals surface area contributed by atoms with Gasteiger partial charge in [-0.1, -0.05) is 42.6 Å². The molecule has 0 saturated carbocycles. The standard InChI is InChI=1S/C13H18BrF2N/c1-3-4-8(2)5-12(17)13-10(15)6-9(14)7-11(13)16/h6-8,12H,3-5,17H2,1-2H3. The molecule has 1 aromatic rings. The predicted molar refractivity (Wildman–Crippen MR) is 69.7 cm³/mol. The molecule has 2 atom stereocenters. The maximum atomic E-state index is 13.6. The zero-order valence-electron chi connectivity index (χ0n) is 10.1. The Labute approximate surface area is 110 Å². The number of nitrogens with two attached hydrogens (primary N) is 1. The molecular formula is C13H18BrF2N. The van der Waals surface area contributed by atoms with Crippen LogP contribution in [-0.4, -0.2) is 0 Å². The summed E-state index contributed by atoms with van der Waals surface area (Å²) < 4.78 is 27.7. The van der Waals surface area contributed by atoms with Crippen molar-refractivity contribution in [1.82, 2.24) is 0 Å². The third kappa shape index (κ3) is 4.03. The van der Waals surface area contributed by atoms with Crippen LogP contribution in [0.25, 0.3) is 0 Å². The highest BCUT2D eigenvalue weighted by molar-refractivity contribution is 9.10. The van der Waals surface area contributed by atoms with Crippen LogP contribution in [-0.2, 0) is 0 Å². The predicted octanol–water partition coefficient (Wildman–Crippen LogP) is 4.55. The quantitative estimate of drug-likeness (QED) is 0.848. The van der Waals surface area contributed by atoms with E-state index in [2.05, 4.69) is 29.8 Å². The zero-order chi connectivity index (χ0) is 13.0. The van der Waals surface area contributed by atoms with Crippen molar-refractivity contribution in [3.05, 3.63) is 33.8 Å². The van der Waals surface area contributed by atoms with Crippen molar-refractivity contribution < 1.29 is 8.78 Å². The van der Waals surface area contributed by atoms with Crippen molar-refractivity contribution >= 4 is 15.9 Å². The number of benzene rings is 1. The molecule has 96 valence electrons. The van der Waals surface area contributed by atoms with Gasteiger partial charge in [-0.25, -0.2) is 8.78 Å². The lowest BCUT2D eigenvalue weighted by molar-refractivity contribution is 0.419. The molecule has 0 amide bonds. The maximum absolute atomic E-state index is 13.6. The van der Waals surface area contributed by atoms with E-state index in [0.29, 0.717) is 16.8 Å². The lowest BCUT2D eigenvalue weighted by Crippen LogP contribution is -2.17. The Balaban J connectivity index is 2.85. The van der Waals surface area contributed by atoms with Crippen molar-refractivity contribution in [3.63, 3.8) is 0 Å². The molecule has 0 aliphatic rings. The fourth-order valence-corrected chi connectivity index (χ4v) is 2.47. The molecule has 17 heavy (non-hydrogen) atoms. The summed E-state index contributed by atoms with van der Waals surface area (Å²) in [5.41, 5.74) is 5.88. The van der Waals surface area contributed by atoms with E-state index >= 15 is 0 Å². The molecule has 2 unspecified atom stereocenters. The van der Waals surface area contributed by atoms with Crippen LogP contribution in [0.2, 0.25) is 0 Å². The lowest BCUT2D eigenvalue weighted by atomic mass is 9.93. The maximum Gasteiger partial charge on any atom is 0.132 e. The highest BCUT2D eigenvalue weighted by atomic mass is 79.9. The van der Waals surface area contributed by atoms with Crippen LogP contribution in [0, 0.1) is 17.6 Å². The minimum absolute atomic E-state index is 0.00356. The van der Waals surface area contributed by atoms with E-state index in [1.807, 2.05) is 0 Å². The Kier molecular flexibility index (Phi) is 5.53. The van der Waals surface area contributed by atoms with Gasteiger partial charge in [0.1, 0.15) is 11.6 Å². The van der Waals surface area contributed by atoms with Crippen LogP contribution in [0.5, 0.6) is 0 Å². The summed E-state index contributed by atoms with van der Waals surface area (Å²) in [6.45, 7) is 4.14. The van der Waals surface area contributed by atoms with Crippen LogP contribution in [0.4, 0.5) is 8.78 Å². The summed E-state index contributed by atoms with van der Waals surface area (Å²) in [7, 11) is 0. The first-order chi connectivity index (χ1) is 7.95. The number of hydrogen-bond donors (Lipinski definition) is 1. The van der Waals surface area contributed by atoms with Gasteiger partial charge in [-0.3, -0.25) is 0 Å². The molecule has 0 saturated heterocycles. The van der Waals surface area contributed by atoms with Gasteiger partial charge in [0.25, 0.3) is 0 Å². The SMILES string of the molecule is CCCC(C)CC(N)c1c(F)cc(Br)cc1F. The molecule has 1 aromatic carbocycles. The smallest absolute Gasteiger partial charge is 0.132 e. The van der Waals surface area contributed by atoms with Gasteiger partial charge < -0.3 is 5.73 Å². The molecule has 0 spiro atoms. The van der Waals surface area contributed by atoms with E-state index in [-0.39, 0.29) is 5.56 Å². The van der Waals surface area contributed by atoms with Crippen molar-refractivity contribution in [3.8, 4) is 0 Å². The van der Waals surface area contributed by atoms with Gasteiger partial charge in [0.2, 0.25) is 0 Å². The van der Waals surface area contributed by atoms with E-state index in [9.17, 15) is 8.78 Å². The number of halogens is 3. The Morgan fingerprint density at radius 1 is 1.29 bits per heavy atom. The Morgan fingerprint density at radius 3 is 2.29 bits per heavy atom. The summed E-state index contributed by atoms with van der Waals surface area (Å²) in [5, 5.41) is 0. The molecule has 0 fully saturated rings. The highest BCUT2D eigenvalue weighted by Gasteiger charge is 2.19. The van der Waals surface area contributed by atoms with Gasteiger partial charge in [0.15, 0.2) is 0 Å². The summed E-state index contributed by atoms with van der Waals surface area (Å²) in [5.74, 6) is -0.779. The van der Waals surface area contributed by atoms with Gasteiger partial charge in [0.05, 0.1) is 0 Å². The van der Waals surface area contributed by atoms with Gasteiger partial charge in [0, 0.05) is 16.1 Å². The van der Waals surface area contributed by atoms with E-state index in [4.69, 9.17) is 5.73 Å². The molecule has 0 aliphatic carbocycles. The molecule has 0 radical (unpaired) electrons. The van der Waals surface area contributed by atoms with Gasteiger partial charge >= 0.3 is 0 Å². The fraction of sp³-hybridized carbons (Fsp3) is 0.538. The third-order valence-corrected chi connectivity index (χ3v) is 3.31. The monoisotopic (exact) mass is 305 g/mol. The van der Waals surface area contributed by atoms with Crippen molar-refractivity contribution in [2.75, 3.05) is 0 Å². The van der Waals surface area contributed by atoms with E-state index in [1.165, 1.54) is 12.1 Å². The summed E-state index contributed by atoms with van der Waals surface area (Å²) in [6, 6.07) is 1.93. The molecule has 0 aliphatic heterocycles. The second-order valence-electron chi connectivity index (χ2n) is 4.52. The summed E-state index contributed by atoms with van der Waals surface area (Å²) in [4.78, 5) is 0. The first-order valence-electron chi connectivity index (χ1n) is 5.85. The van der Waals surface area contributed by atoms with E-state index in [0.717, 1.165) is 12.8 Å². The summed E-state index contributed by atoms with van der Waals surface area (Å²) in [6.07, 6.45) is 2.68. The van der Waals surface area contributed by atoms with Crippen molar-refractivity contribution in [1.29, 1.82) is 0 Å². The largest absolute Gasteiger partial charge is 0.324 e. The molecule has 1 nitrogen and oxygen atoms in total. The van der Waals surface area contributed by atoms with Gasteiger partial charge in [-0.15, -0.1) is 0 Å². The minimum Gasteiger partial charge on any atom is -0.324 e. The molecule has 2 N–H and O–H groups in total. The van der Waals surface area contributed by atoms with Crippen LogP contribution < -0.4 is 5.73 Å². The first-order valence-corrected chi connectivity index (χ1v) is 6.65. The van der Waals surface area contributed by atoms with Gasteiger partial charge in [-0.05, 0) is 24.5 Å². The van der Waals surface area contributed by atoms with Crippen LogP contribution in [0.1, 0.15) is 44.7 Å². The molecule has 4 heteroatoms. The molecule has 0 aromatic heterocycles. The van der Waals surface area contributed by atoms with Gasteiger partial charge in [-0.2, -0.15) is 0 Å². The molecular weight excluding hydrogens is 288 g/mol. The van der Waals surface area contributed by atoms with Crippen molar-refractivity contribution in [2.24, 2.45) is 11.7 Å². The normalized spacial score (nSPS) is 14.7. The topological polar surface area (TPSA) is 26.0 Å². The number of rotatable bonds is 5. The second kappa shape index (κ2) is 6.45.